The first-order valence-electron chi connectivity index (χ1n) is 6.21. The van der Waals surface area contributed by atoms with Crippen LogP contribution in [0.25, 0.3) is 0 Å². The Morgan fingerprint density at radius 1 is 1.44 bits per heavy atom. The SMILES string of the molecule is Cc1cc(C#CCCO)cc(NC(=O)C2CC2)c1. The van der Waals surface area contributed by atoms with E-state index in [2.05, 4.69) is 17.2 Å². The van der Waals surface area contributed by atoms with Crippen LogP contribution >= 0.6 is 0 Å². The fourth-order valence-electron chi connectivity index (χ4n) is 1.74. The number of aliphatic hydroxyl groups is 1. The van der Waals surface area contributed by atoms with E-state index in [-0.39, 0.29) is 18.4 Å². The number of aliphatic hydroxyl groups excluding tert-OH is 1. The van der Waals surface area contributed by atoms with Gasteiger partial charge in [-0.1, -0.05) is 11.8 Å². The van der Waals surface area contributed by atoms with Crippen LogP contribution in [0.2, 0.25) is 0 Å². The first kappa shape index (κ1) is 12.7. The molecule has 0 bridgehead atoms. The number of carbonyl (C=O) groups is 1. The zero-order valence-electron chi connectivity index (χ0n) is 10.5. The minimum atomic E-state index is 0.0735. The zero-order chi connectivity index (χ0) is 13.0. The maximum atomic E-state index is 11.7. The molecule has 0 unspecified atom stereocenters. The first-order valence-corrected chi connectivity index (χ1v) is 6.21. The van der Waals surface area contributed by atoms with Crippen LogP contribution in [0.5, 0.6) is 0 Å². The van der Waals surface area contributed by atoms with E-state index in [9.17, 15) is 4.79 Å². The van der Waals surface area contributed by atoms with Gasteiger partial charge in [-0.25, -0.2) is 0 Å². The van der Waals surface area contributed by atoms with E-state index in [1.807, 2.05) is 25.1 Å². The van der Waals surface area contributed by atoms with Crippen LogP contribution in [0.15, 0.2) is 18.2 Å². The number of hydrogen-bond acceptors (Lipinski definition) is 2. The third kappa shape index (κ3) is 3.61. The molecule has 1 saturated carbocycles. The molecule has 0 radical (unpaired) electrons. The summed E-state index contributed by atoms with van der Waals surface area (Å²) >= 11 is 0. The topological polar surface area (TPSA) is 49.3 Å². The Bertz CT molecular complexity index is 507. The van der Waals surface area contributed by atoms with Crippen molar-refractivity contribution in [3.8, 4) is 11.8 Å². The molecule has 1 aliphatic rings. The highest BCUT2D eigenvalue weighted by Crippen LogP contribution is 2.30. The molecule has 3 nitrogen and oxygen atoms in total. The highest BCUT2D eigenvalue weighted by atomic mass is 16.2. The summed E-state index contributed by atoms with van der Waals surface area (Å²) in [7, 11) is 0. The molecule has 1 fully saturated rings. The molecule has 94 valence electrons. The lowest BCUT2D eigenvalue weighted by Crippen LogP contribution is -2.13. The van der Waals surface area contributed by atoms with Gasteiger partial charge >= 0.3 is 0 Å². The van der Waals surface area contributed by atoms with Gasteiger partial charge in [-0.15, -0.1) is 0 Å². The molecule has 1 aromatic carbocycles. The number of hydrogen-bond donors (Lipinski definition) is 2. The summed E-state index contributed by atoms with van der Waals surface area (Å²) in [5.74, 6) is 6.17. The van der Waals surface area contributed by atoms with Gasteiger partial charge in [-0.05, 0) is 43.5 Å². The zero-order valence-corrected chi connectivity index (χ0v) is 10.5. The second kappa shape index (κ2) is 5.70. The average molecular weight is 243 g/mol. The normalized spacial score (nSPS) is 13.7. The highest BCUT2D eigenvalue weighted by Gasteiger charge is 2.29. The lowest BCUT2D eigenvalue weighted by Gasteiger charge is -2.06. The minimum Gasteiger partial charge on any atom is -0.395 e. The molecule has 18 heavy (non-hydrogen) atoms. The second-order valence-corrected chi connectivity index (χ2v) is 4.63. The molecule has 2 rings (SSSR count). The van der Waals surface area contributed by atoms with Crippen molar-refractivity contribution in [3.63, 3.8) is 0 Å². The molecule has 2 N–H and O–H groups in total. The molecule has 0 aliphatic heterocycles. The molecule has 3 heteroatoms. The Hall–Kier alpha value is -1.79. The molecular weight excluding hydrogens is 226 g/mol. The van der Waals surface area contributed by atoms with Gasteiger partial charge in [0.05, 0.1) is 6.61 Å². The third-order valence-electron chi connectivity index (χ3n) is 2.76. The van der Waals surface area contributed by atoms with Crippen molar-refractivity contribution in [2.24, 2.45) is 5.92 Å². The van der Waals surface area contributed by atoms with Crippen LogP contribution in [-0.4, -0.2) is 17.6 Å². The number of nitrogens with one attached hydrogen (secondary N) is 1. The van der Waals surface area contributed by atoms with Crippen LogP contribution in [0.3, 0.4) is 0 Å². The van der Waals surface area contributed by atoms with Gasteiger partial charge in [-0.2, -0.15) is 0 Å². The summed E-state index contributed by atoms with van der Waals surface area (Å²) in [6.45, 7) is 2.05. The van der Waals surface area contributed by atoms with Gasteiger partial charge in [0.25, 0.3) is 0 Å². The standard InChI is InChI=1S/C15H17NO2/c1-11-8-12(4-2-3-7-17)10-14(9-11)16-15(18)13-5-6-13/h8-10,13,17H,3,5-7H2,1H3,(H,16,18). The number of carbonyl (C=O) groups excluding carboxylic acids is 1. The van der Waals surface area contributed by atoms with Crippen molar-refractivity contribution < 1.29 is 9.90 Å². The molecular formula is C15H17NO2. The van der Waals surface area contributed by atoms with E-state index in [0.29, 0.717) is 6.42 Å². The van der Waals surface area contributed by atoms with Crippen molar-refractivity contribution in [2.75, 3.05) is 11.9 Å². The van der Waals surface area contributed by atoms with E-state index in [4.69, 9.17) is 5.11 Å². The average Bonchev–Trinajstić information content (AvgIpc) is 3.12. The largest absolute Gasteiger partial charge is 0.395 e. The van der Waals surface area contributed by atoms with Crippen molar-refractivity contribution in [2.45, 2.75) is 26.2 Å². The van der Waals surface area contributed by atoms with Crippen LogP contribution in [0.4, 0.5) is 5.69 Å². The Balaban J connectivity index is 2.10. The van der Waals surface area contributed by atoms with Gasteiger partial charge in [0, 0.05) is 23.6 Å². The summed E-state index contributed by atoms with van der Waals surface area (Å²) in [5, 5.41) is 11.6. The summed E-state index contributed by atoms with van der Waals surface area (Å²) in [5.41, 5.74) is 2.74. The number of anilines is 1. The maximum absolute atomic E-state index is 11.7. The molecule has 1 aliphatic carbocycles. The fourth-order valence-corrected chi connectivity index (χ4v) is 1.74. The Labute approximate surface area is 107 Å². The molecule has 0 heterocycles. The predicted molar refractivity (Wildman–Crippen MR) is 71.1 cm³/mol. The Kier molecular flexibility index (Phi) is 4.01. The Morgan fingerprint density at radius 3 is 2.89 bits per heavy atom. The number of rotatable bonds is 3. The van der Waals surface area contributed by atoms with Crippen LogP contribution < -0.4 is 5.32 Å². The van der Waals surface area contributed by atoms with Crippen molar-refractivity contribution >= 4 is 11.6 Å². The van der Waals surface area contributed by atoms with Gasteiger partial charge in [0.2, 0.25) is 5.91 Å². The fraction of sp³-hybridized carbons (Fsp3) is 0.400. The minimum absolute atomic E-state index is 0.0735. The van der Waals surface area contributed by atoms with E-state index < -0.39 is 0 Å². The summed E-state index contributed by atoms with van der Waals surface area (Å²) < 4.78 is 0. The molecule has 1 amide bonds. The Morgan fingerprint density at radius 2 is 2.22 bits per heavy atom. The molecule has 0 atom stereocenters. The molecule has 0 saturated heterocycles. The summed E-state index contributed by atoms with van der Waals surface area (Å²) in [4.78, 5) is 11.7. The van der Waals surface area contributed by atoms with Crippen molar-refractivity contribution in [3.05, 3.63) is 29.3 Å². The van der Waals surface area contributed by atoms with Crippen molar-refractivity contribution in [1.82, 2.24) is 0 Å². The lowest BCUT2D eigenvalue weighted by molar-refractivity contribution is -0.117. The van der Waals surface area contributed by atoms with Gasteiger partial charge in [-0.3, -0.25) is 4.79 Å². The van der Waals surface area contributed by atoms with Gasteiger partial charge in [0.15, 0.2) is 0 Å². The number of benzene rings is 1. The maximum Gasteiger partial charge on any atom is 0.227 e. The van der Waals surface area contributed by atoms with E-state index in [1.54, 1.807) is 0 Å². The summed E-state index contributed by atoms with van der Waals surface area (Å²) in [6.07, 6.45) is 2.47. The third-order valence-corrected chi connectivity index (χ3v) is 2.76. The van der Waals surface area contributed by atoms with Gasteiger partial charge in [0.1, 0.15) is 0 Å². The summed E-state index contributed by atoms with van der Waals surface area (Å²) in [6, 6.07) is 5.78. The smallest absolute Gasteiger partial charge is 0.227 e. The van der Waals surface area contributed by atoms with Gasteiger partial charge < -0.3 is 10.4 Å². The molecule has 0 spiro atoms. The van der Waals surface area contributed by atoms with Crippen LogP contribution in [0, 0.1) is 24.7 Å². The lowest BCUT2D eigenvalue weighted by atomic mass is 10.1. The van der Waals surface area contributed by atoms with E-state index >= 15 is 0 Å². The predicted octanol–water partition coefficient (Wildman–Crippen LogP) is 2.08. The number of amides is 1. The quantitative estimate of drug-likeness (QED) is 0.798. The second-order valence-electron chi connectivity index (χ2n) is 4.63. The van der Waals surface area contributed by atoms with Crippen LogP contribution in [0.1, 0.15) is 30.4 Å². The monoisotopic (exact) mass is 243 g/mol. The molecule has 0 aromatic heterocycles. The first-order chi connectivity index (χ1) is 8.69. The van der Waals surface area contributed by atoms with Crippen LogP contribution in [-0.2, 0) is 4.79 Å². The highest BCUT2D eigenvalue weighted by molar-refractivity contribution is 5.94. The number of aryl methyl sites for hydroxylation is 1. The van der Waals surface area contributed by atoms with E-state index in [1.165, 1.54) is 0 Å². The van der Waals surface area contributed by atoms with Crippen molar-refractivity contribution in [1.29, 1.82) is 0 Å². The van der Waals surface area contributed by atoms with E-state index in [0.717, 1.165) is 29.7 Å². The molecule has 1 aromatic rings.